The summed E-state index contributed by atoms with van der Waals surface area (Å²) in [7, 11) is 1.32. The van der Waals surface area contributed by atoms with Crippen LogP contribution in [0.5, 0.6) is 5.75 Å². The number of hydrogen-bond acceptors (Lipinski definition) is 7. The van der Waals surface area contributed by atoms with Crippen LogP contribution in [0.15, 0.2) is 41.6 Å². The molecule has 1 aliphatic rings. The zero-order valence-electron chi connectivity index (χ0n) is 21.6. The number of sulfonamides is 1. The molecule has 1 N–H and O–H groups in total. The first-order valence-electron chi connectivity index (χ1n) is 11.7. The molecule has 0 saturated carbocycles. The van der Waals surface area contributed by atoms with Gasteiger partial charge in [-0.3, -0.25) is 9.78 Å². The van der Waals surface area contributed by atoms with Crippen molar-refractivity contribution in [3.8, 4) is 5.75 Å². The number of amides is 1. The molecule has 2 aromatic rings. The Bertz CT molecular complexity index is 1100. The number of hydrogen-bond donors (Lipinski definition) is 1. The van der Waals surface area contributed by atoms with E-state index in [2.05, 4.69) is 10.3 Å². The first-order chi connectivity index (χ1) is 16.6. The van der Waals surface area contributed by atoms with E-state index in [4.69, 9.17) is 9.47 Å². The first kappa shape index (κ1) is 30.0. The van der Waals surface area contributed by atoms with Gasteiger partial charge in [0, 0.05) is 44.6 Å². The summed E-state index contributed by atoms with van der Waals surface area (Å²) in [4.78, 5) is 18.8. The lowest BCUT2D eigenvalue weighted by Gasteiger charge is -2.42. The molecule has 11 heteroatoms. The summed E-state index contributed by atoms with van der Waals surface area (Å²) in [6.07, 6.45) is 5.16. The third-order valence-corrected chi connectivity index (χ3v) is 8.96. The largest absolute Gasteiger partial charge is 0.497 e. The van der Waals surface area contributed by atoms with Crippen molar-refractivity contribution >= 4 is 28.3 Å². The summed E-state index contributed by atoms with van der Waals surface area (Å²) in [5.74, 6) is 0.533. The Kier molecular flexibility index (Phi) is 10.7. The molecule has 200 valence electrons. The van der Waals surface area contributed by atoms with Gasteiger partial charge in [0.1, 0.15) is 12.4 Å². The quantitative estimate of drug-likeness (QED) is 0.462. The lowest BCUT2D eigenvalue weighted by molar-refractivity contribution is -0.138. The minimum atomic E-state index is -3.70. The number of nitrogens with zero attached hydrogens (tertiary/aromatic N) is 3. The molecule has 36 heavy (non-hydrogen) atoms. The third-order valence-electron chi connectivity index (χ3n) is 6.80. The number of likely N-dealkylation sites (N-methyl/N-ethyl adjacent to an activating group) is 1. The molecule has 1 aromatic heterocycles. The topological polar surface area (TPSA) is 101 Å². The summed E-state index contributed by atoms with van der Waals surface area (Å²) in [5, 5.41) is 3.43. The fourth-order valence-electron chi connectivity index (χ4n) is 4.65. The zero-order chi connectivity index (χ0) is 25.6. The Labute approximate surface area is 220 Å². The van der Waals surface area contributed by atoms with Crippen molar-refractivity contribution in [2.24, 2.45) is 0 Å². The van der Waals surface area contributed by atoms with Crippen molar-refractivity contribution in [3.05, 3.63) is 53.3 Å². The van der Waals surface area contributed by atoms with Crippen LogP contribution in [0.2, 0.25) is 0 Å². The summed E-state index contributed by atoms with van der Waals surface area (Å²) in [6, 6.07) is 7.44. The minimum absolute atomic E-state index is 0. The van der Waals surface area contributed by atoms with E-state index in [0.29, 0.717) is 30.0 Å². The maximum atomic E-state index is 13.1. The van der Waals surface area contributed by atoms with Crippen LogP contribution in [-0.2, 0) is 25.1 Å². The van der Waals surface area contributed by atoms with Gasteiger partial charge >= 0.3 is 0 Å². The predicted molar refractivity (Wildman–Crippen MR) is 141 cm³/mol. The van der Waals surface area contributed by atoms with Gasteiger partial charge in [-0.2, -0.15) is 4.31 Å². The van der Waals surface area contributed by atoms with Crippen molar-refractivity contribution in [1.29, 1.82) is 0 Å². The Morgan fingerprint density at radius 2 is 1.75 bits per heavy atom. The Balaban J connectivity index is 0.00000456. The van der Waals surface area contributed by atoms with Crippen LogP contribution in [0.1, 0.15) is 29.5 Å². The van der Waals surface area contributed by atoms with Gasteiger partial charge in [-0.25, -0.2) is 8.42 Å². The van der Waals surface area contributed by atoms with Crippen molar-refractivity contribution in [2.45, 2.75) is 37.1 Å². The molecule has 1 fully saturated rings. The average Bonchev–Trinajstić information content (AvgIpc) is 2.86. The van der Waals surface area contributed by atoms with E-state index in [1.165, 1.54) is 16.9 Å². The normalized spacial score (nSPS) is 15.4. The number of aromatic nitrogens is 1. The predicted octanol–water partition coefficient (Wildman–Crippen LogP) is 2.50. The van der Waals surface area contributed by atoms with E-state index in [0.717, 1.165) is 12.8 Å². The monoisotopic (exact) mass is 540 g/mol. The third kappa shape index (κ3) is 6.54. The molecule has 0 atom stereocenters. The van der Waals surface area contributed by atoms with E-state index >= 15 is 0 Å². The van der Waals surface area contributed by atoms with E-state index in [1.807, 2.05) is 19.2 Å². The molecule has 9 nitrogen and oxygen atoms in total. The molecule has 0 aliphatic carbocycles. The summed E-state index contributed by atoms with van der Waals surface area (Å²) >= 11 is 0. The van der Waals surface area contributed by atoms with Gasteiger partial charge in [-0.15, -0.1) is 12.4 Å². The molecule has 2 heterocycles. The maximum absolute atomic E-state index is 13.1. The first-order valence-corrected chi connectivity index (χ1v) is 13.1. The number of carbonyl (C=O) groups excluding carboxylic acids is 1. The molecule has 1 amide bonds. The maximum Gasteiger partial charge on any atom is 0.248 e. The standard InChI is InChI=1S/C25H36N4O5S.ClH/c1-19-16-22(33-5)17-20(2)24(19)35(31,32)28(4)14-15-34-18-23(30)29-12-8-25(26-3,9-13-29)21-6-10-27-11-7-21;/h6-7,10-11,16-17,26H,8-9,12-15,18H2,1-5H3;1H. The lowest BCUT2D eigenvalue weighted by atomic mass is 9.81. The minimum Gasteiger partial charge on any atom is -0.497 e. The average molecular weight is 541 g/mol. The second kappa shape index (κ2) is 12.8. The van der Waals surface area contributed by atoms with Gasteiger partial charge in [-0.1, -0.05) is 0 Å². The number of carbonyl (C=O) groups is 1. The Hall–Kier alpha value is -2.24. The highest BCUT2D eigenvalue weighted by Gasteiger charge is 2.36. The van der Waals surface area contributed by atoms with Crippen LogP contribution >= 0.6 is 12.4 Å². The van der Waals surface area contributed by atoms with Gasteiger partial charge in [-0.05, 0) is 74.7 Å². The van der Waals surface area contributed by atoms with Gasteiger partial charge < -0.3 is 19.7 Å². The number of halogens is 1. The van der Waals surface area contributed by atoms with E-state index in [-0.39, 0.29) is 48.5 Å². The molecule has 1 aromatic carbocycles. The van der Waals surface area contributed by atoms with Gasteiger partial charge in [0.05, 0.1) is 18.6 Å². The summed E-state index contributed by atoms with van der Waals surface area (Å²) < 4.78 is 38.3. The second-order valence-electron chi connectivity index (χ2n) is 8.92. The molecule has 0 radical (unpaired) electrons. The number of piperidine rings is 1. The molecule has 1 aliphatic heterocycles. The number of likely N-dealkylation sites (tertiary alicyclic amines) is 1. The Morgan fingerprint density at radius 3 is 2.28 bits per heavy atom. The van der Waals surface area contributed by atoms with Crippen LogP contribution in [0.4, 0.5) is 0 Å². The smallest absolute Gasteiger partial charge is 0.248 e. The van der Waals surface area contributed by atoms with Gasteiger partial charge in [0.15, 0.2) is 0 Å². The number of nitrogens with one attached hydrogen (secondary N) is 1. The molecular formula is C25H37ClN4O5S. The molecule has 1 saturated heterocycles. The van der Waals surface area contributed by atoms with Crippen LogP contribution < -0.4 is 10.1 Å². The van der Waals surface area contributed by atoms with Crippen molar-refractivity contribution in [1.82, 2.24) is 19.5 Å². The molecule has 0 unspecified atom stereocenters. The number of rotatable bonds is 10. The molecular weight excluding hydrogens is 504 g/mol. The van der Waals surface area contributed by atoms with Crippen LogP contribution in [0.25, 0.3) is 0 Å². The summed E-state index contributed by atoms with van der Waals surface area (Å²) in [6.45, 7) is 4.94. The highest BCUT2D eigenvalue weighted by Crippen LogP contribution is 2.32. The van der Waals surface area contributed by atoms with Crippen LogP contribution in [-0.4, -0.2) is 82.6 Å². The molecule has 3 rings (SSSR count). The zero-order valence-corrected chi connectivity index (χ0v) is 23.2. The van der Waals surface area contributed by atoms with Crippen LogP contribution in [0.3, 0.4) is 0 Å². The molecule has 0 spiro atoms. The number of ether oxygens (including phenoxy) is 2. The highest BCUT2D eigenvalue weighted by atomic mass is 35.5. The summed E-state index contributed by atoms with van der Waals surface area (Å²) in [5.41, 5.74) is 2.25. The highest BCUT2D eigenvalue weighted by molar-refractivity contribution is 7.89. The van der Waals surface area contributed by atoms with E-state index < -0.39 is 10.0 Å². The SMILES string of the molecule is CNC1(c2ccncc2)CCN(C(=O)COCCN(C)S(=O)(=O)c2c(C)cc(OC)cc2C)CC1.Cl. The number of pyridine rings is 1. The van der Waals surface area contributed by atoms with Gasteiger partial charge in [0.2, 0.25) is 15.9 Å². The van der Waals surface area contributed by atoms with E-state index in [1.54, 1.807) is 50.4 Å². The number of aryl methyl sites for hydroxylation is 2. The Morgan fingerprint density at radius 1 is 1.17 bits per heavy atom. The van der Waals surface area contributed by atoms with E-state index in [9.17, 15) is 13.2 Å². The van der Waals surface area contributed by atoms with Crippen molar-refractivity contribution in [3.63, 3.8) is 0 Å². The van der Waals surface area contributed by atoms with Crippen LogP contribution in [0, 0.1) is 13.8 Å². The van der Waals surface area contributed by atoms with Gasteiger partial charge in [0.25, 0.3) is 0 Å². The number of benzene rings is 1. The second-order valence-corrected chi connectivity index (χ2v) is 10.9. The lowest BCUT2D eigenvalue weighted by Crippen LogP contribution is -2.51. The number of methoxy groups -OCH3 is 1. The fourth-order valence-corrected chi connectivity index (χ4v) is 6.21. The van der Waals surface area contributed by atoms with Crippen molar-refractivity contribution < 1.29 is 22.7 Å². The van der Waals surface area contributed by atoms with Crippen molar-refractivity contribution in [2.75, 3.05) is 54.1 Å². The fraction of sp³-hybridized carbons (Fsp3) is 0.520. The molecule has 0 bridgehead atoms.